The Labute approximate surface area is 137 Å². The molecule has 0 fully saturated rings. The van der Waals surface area contributed by atoms with Crippen molar-refractivity contribution in [1.29, 1.82) is 0 Å². The van der Waals surface area contributed by atoms with Crippen LogP contribution in [0.25, 0.3) is 0 Å². The lowest BCUT2D eigenvalue weighted by atomic mass is 10.1. The quantitative estimate of drug-likeness (QED) is 0.585. The Morgan fingerprint density at radius 2 is 1.73 bits per heavy atom. The SMILES string of the molecule is COC(=O)Cc1ccc(OS(=O)(=O)c2ccccc2Br)cc1. The number of carbonyl (C=O) groups excluding carboxylic acids is 1. The highest BCUT2D eigenvalue weighted by molar-refractivity contribution is 9.10. The predicted octanol–water partition coefficient (Wildman–Crippen LogP) is 2.93. The molecule has 2 rings (SSSR count). The minimum Gasteiger partial charge on any atom is -0.469 e. The van der Waals surface area contributed by atoms with E-state index in [-0.39, 0.29) is 23.0 Å². The monoisotopic (exact) mass is 384 g/mol. The van der Waals surface area contributed by atoms with E-state index in [1.807, 2.05) is 0 Å². The highest BCUT2D eigenvalue weighted by Crippen LogP contribution is 2.25. The maximum absolute atomic E-state index is 12.2. The van der Waals surface area contributed by atoms with E-state index in [4.69, 9.17) is 4.18 Å². The Morgan fingerprint density at radius 3 is 2.32 bits per heavy atom. The van der Waals surface area contributed by atoms with Gasteiger partial charge in [-0.25, -0.2) is 0 Å². The molecule has 0 aliphatic heterocycles. The first-order valence-corrected chi connectivity index (χ1v) is 8.47. The molecule has 0 N–H and O–H groups in total. The molecular weight excluding hydrogens is 372 g/mol. The molecule has 0 spiro atoms. The van der Waals surface area contributed by atoms with Gasteiger partial charge in [0.25, 0.3) is 0 Å². The van der Waals surface area contributed by atoms with Crippen LogP contribution in [0.3, 0.4) is 0 Å². The zero-order chi connectivity index (χ0) is 16.2. The molecular formula is C15H13BrO5S. The number of esters is 1. The van der Waals surface area contributed by atoms with Gasteiger partial charge < -0.3 is 8.92 Å². The summed E-state index contributed by atoms with van der Waals surface area (Å²) in [6.07, 6.45) is 0.119. The van der Waals surface area contributed by atoms with Crippen molar-refractivity contribution in [3.05, 3.63) is 58.6 Å². The summed E-state index contributed by atoms with van der Waals surface area (Å²) < 4.78 is 34.5. The molecule has 0 aliphatic carbocycles. The molecule has 5 nitrogen and oxygen atoms in total. The summed E-state index contributed by atoms with van der Waals surface area (Å²) in [5.74, 6) is -0.195. The first kappa shape index (κ1) is 16.5. The molecule has 0 unspecified atom stereocenters. The molecule has 2 aromatic rings. The summed E-state index contributed by atoms with van der Waals surface area (Å²) in [5, 5.41) is 0. The molecule has 0 bridgehead atoms. The van der Waals surface area contributed by atoms with Gasteiger partial charge in [0.05, 0.1) is 13.5 Å². The second kappa shape index (κ2) is 6.93. The van der Waals surface area contributed by atoms with Crippen molar-refractivity contribution >= 4 is 32.0 Å². The Bertz CT molecular complexity index is 769. The molecule has 0 radical (unpaired) electrons. The van der Waals surface area contributed by atoms with E-state index in [0.29, 0.717) is 10.0 Å². The number of halogens is 1. The van der Waals surface area contributed by atoms with Crippen LogP contribution in [0.1, 0.15) is 5.56 Å². The van der Waals surface area contributed by atoms with Gasteiger partial charge in [-0.15, -0.1) is 0 Å². The topological polar surface area (TPSA) is 69.7 Å². The summed E-state index contributed by atoms with van der Waals surface area (Å²) in [6, 6.07) is 12.6. The fraction of sp³-hybridized carbons (Fsp3) is 0.133. The lowest BCUT2D eigenvalue weighted by molar-refractivity contribution is -0.139. The fourth-order valence-electron chi connectivity index (χ4n) is 1.72. The minimum absolute atomic E-state index is 0.0497. The lowest BCUT2D eigenvalue weighted by Crippen LogP contribution is -2.10. The van der Waals surface area contributed by atoms with Gasteiger partial charge in [0.1, 0.15) is 10.6 Å². The first-order chi connectivity index (χ1) is 10.4. The molecule has 116 valence electrons. The van der Waals surface area contributed by atoms with Crippen LogP contribution in [0, 0.1) is 0 Å². The molecule has 2 aromatic carbocycles. The van der Waals surface area contributed by atoms with E-state index in [0.717, 1.165) is 0 Å². The van der Waals surface area contributed by atoms with E-state index < -0.39 is 10.1 Å². The van der Waals surface area contributed by atoms with E-state index in [9.17, 15) is 13.2 Å². The van der Waals surface area contributed by atoms with Crippen LogP contribution in [-0.2, 0) is 26.1 Å². The number of hydrogen-bond donors (Lipinski definition) is 0. The first-order valence-electron chi connectivity index (χ1n) is 6.27. The van der Waals surface area contributed by atoms with E-state index >= 15 is 0 Å². The van der Waals surface area contributed by atoms with E-state index in [1.54, 1.807) is 30.3 Å². The van der Waals surface area contributed by atoms with Gasteiger partial charge >= 0.3 is 16.1 Å². The molecule has 0 aromatic heterocycles. The molecule has 22 heavy (non-hydrogen) atoms. The average Bonchev–Trinajstić information content (AvgIpc) is 2.49. The van der Waals surface area contributed by atoms with Crippen molar-refractivity contribution in [2.75, 3.05) is 7.11 Å². The van der Waals surface area contributed by atoms with Crippen LogP contribution in [-0.4, -0.2) is 21.5 Å². The molecule has 0 saturated heterocycles. The Kier molecular flexibility index (Phi) is 5.20. The standard InChI is InChI=1S/C15H13BrO5S/c1-20-15(17)10-11-6-8-12(9-7-11)21-22(18,19)14-5-3-2-4-13(14)16/h2-9H,10H2,1H3. The van der Waals surface area contributed by atoms with Gasteiger partial charge in [0, 0.05) is 4.47 Å². The van der Waals surface area contributed by atoms with Crippen LogP contribution in [0.15, 0.2) is 57.9 Å². The van der Waals surface area contributed by atoms with Gasteiger partial charge in [0.2, 0.25) is 0 Å². The second-order valence-electron chi connectivity index (χ2n) is 4.36. The number of carbonyl (C=O) groups is 1. The van der Waals surface area contributed by atoms with Gasteiger partial charge in [-0.1, -0.05) is 24.3 Å². The number of hydrogen-bond acceptors (Lipinski definition) is 5. The lowest BCUT2D eigenvalue weighted by Gasteiger charge is -2.09. The summed E-state index contributed by atoms with van der Waals surface area (Å²) in [5.41, 5.74) is 0.706. The average molecular weight is 385 g/mol. The van der Waals surface area contributed by atoms with Crippen LogP contribution >= 0.6 is 15.9 Å². The fourth-order valence-corrected chi connectivity index (χ4v) is 3.61. The summed E-state index contributed by atoms with van der Waals surface area (Å²) >= 11 is 3.18. The van der Waals surface area contributed by atoms with Crippen LogP contribution in [0.4, 0.5) is 0 Å². The van der Waals surface area contributed by atoms with Crippen LogP contribution in [0.2, 0.25) is 0 Å². The number of rotatable bonds is 5. The zero-order valence-electron chi connectivity index (χ0n) is 11.7. The number of methoxy groups -OCH3 is 1. The third-order valence-electron chi connectivity index (χ3n) is 2.81. The van der Waals surface area contributed by atoms with Gasteiger partial charge in [-0.2, -0.15) is 8.42 Å². The largest absolute Gasteiger partial charge is 0.469 e. The Morgan fingerprint density at radius 1 is 1.09 bits per heavy atom. The maximum Gasteiger partial charge on any atom is 0.340 e. The third-order valence-corrected chi connectivity index (χ3v) is 5.07. The smallest absolute Gasteiger partial charge is 0.340 e. The molecule has 0 aliphatic rings. The molecule has 0 saturated carbocycles. The number of benzene rings is 2. The van der Waals surface area contributed by atoms with Crippen LogP contribution in [0.5, 0.6) is 5.75 Å². The Balaban J connectivity index is 2.17. The normalized spacial score (nSPS) is 11.0. The van der Waals surface area contributed by atoms with Crippen LogP contribution < -0.4 is 4.18 Å². The minimum atomic E-state index is -3.92. The second-order valence-corrected chi connectivity index (χ2v) is 6.73. The summed E-state index contributed by atoms with van der Waals surface area (Å²) in [4.78, 5) is 11.2. The van der Waals surface area contributed by atoms with Gasteiger partial charge in [0.15, 0.2) is 0 Å². The molecule has 7 heteroatoms. The van der Waals surface area contributed by atoms with E-state index in [2.05, 4.69) is 20.7 Å². The van der Waals surface area contributed by atoms with Crippen molar-refractivity contribution in [2.24, 2.45) is 0 Å². The number of ether oxygens (including phenoxy) is 1. The molecule has 0 atom stereocenters. The summed E-state index contributed by atoms with van der Waals surface area (Å²) in [7, 11) is -2.61. The highest BCUT2D eigenvalue weighted by atomic mass is 79.9. The van der Waals surface area contributed by atoms with Gasteiger partial charge in [-0.3, -0.25) is 4.79 Å². The van der Waals surface area contributed by atoms with E-state index in [1.165, 1.54) is 25.3 Å². The molecule has 0 heterocycles. The molecule has 0 amide bonds. The maximum atomic E-state index is 12.2. The zero-order valence-corrected chi connectivity index (χ0v) is 14.1. The highest BCUT2D eigenvalue weighted by Gasteiger charge is 2.19. The van der Waals surface area contributed by atoms with Crippen molar-refractivity contribution in [3.8, 4) is 5.75 Å². The van der Waals surface area contributed by atoms with Gasteiger partial charge in [-0.05, 0) is 45.8 Å². The summed E-state index contributed by atoms with van der Waals surface area (Å²) in [6.45, 7) is 0. The predicted molar refractivity (Wildman–Crippen MR) is 84.1 cm³/mol. The Hall–Kier alpha value is -1.86. The van der Waals surface area contributed by atoms with Crippen molar-refractivity contribution in [2.45, 2.75) is 11.3 Å². The third kappa shape index (κ3) is 4.08. The van der Waals surface area contributed by atoms with Crippen molar-refractivity contribution < 1.29 is 22.1 Å². The van der Waals surface area contributed by atoms with Crippen molar-refractivity contribution in [1.82, 2.24) is 0 Å². The van der Waals surface area contributed by atoms with Crippen molar-refractivity contribution in [3.63, 3.8) is 0 Å².